The van der Waals surface area contributed by atoms with Crippen LogP contribution in [0, 0.1) is 6.92 Å². The largest absolute Gasteiger partial charge is 0.494 e. The van der Waals surface area contributed by atoms with Crippen molar-refractivity contribution in [1.82, 2.24) is 15.0 Å². The van der Waals surface area contributed by atoms with E-state index in [1.807, 2.05) is 6.92 Å². The first-order valence-corrected chi connectivity index (χ1v) is 10.1. The van der Waals surface area contributed by atoms with Crippen LogP contribution < -0.4 is 10.1 Å². The molecule has 0 saturated carbocycles. The number of hydrogen-bond acceptors (Lipinski definition) is 7. The maximum Gasteiger partial charge on any atom is 0.259 e. The van der Waals surface area contributed by atoms with E-state index in [2.05, 4.69) is 20.3 Å². The van der Waals surface area contributed by atoms with E-state index in [4.69, 9.17) is 16.3 Å². The number of aryl methyl sites for hydroxylation is 2. The summed E-state index contributed by atoms with van der Waals surface area (Å²) in [5, 5.41) is 3.60. The Morgan fingerprint density at radius 2 is 2.03 bits per heavy atom. The van der Waals surface area contributed by atoms with Crippen LogP contribution in [0.25, 0.3) is 11.1 Å². The zero-order valence-corrected chi connectivity index (χ0v) is 17.4. The van der Waals surface area contributed by atoms with Crippen molar-refractivity contribution in [3.05, 3.63) is 51.5 Å². The number of hydrogen-bond donors (Lipinski definition) is 1. The SMILES string of the molecule is COc1cnc(Cl)cc1-c1cc(C)ncc1C(=O)Nc1nc2c(s1)CC(=O)CC2. The van der Waals surface area contributed by atoms with E-state index in [0.29, 0.717) is 52.0 Å². The number of methoxy groups -OCH3 is 1. The zero-order chi connectivity index (χ0) is 20.5. The number of amides is 1. The predicted octanol–water partition coefficient (Wildman–Crippen LogP) is 3.88. The van der Waals surface area contributed by atoms with Crippen molar-refractivity contribution in [2.75, 3.05) is 12.4 Å². The molecular weight excluding hydrogens is 412 g/mol. The van der Waals surface area contributed by atoms with E-state index < -0.39 is 0 Å². The molecule has 0 aliphatic heterocycles. The van der Waals surface area contributed by atoms with Gasteiger partial charge in [-0.1, -0.05) is 11.6 Å². The van der Waals surface area contributed by atoms with Crippen LogP contribution in [0.3, 0.4) is 0 Å². The van der Waals surface area contributed by atoms with Gasteiger partial charge in [-0.15, -0.1) is 11.3 Å². The summed E-state index contributed by atoms with van der Waals surface area (Å²) in [6, 6.07) is 3.45. The molecule has 4 rings (SSSR count). The minimum absolute atomic E-state index is 0.200. The lowest BCUT2D eigenvalue weighted by Gasteiger charge is -2.13. The van der Waals surface area contributed by atoms with Crippen LogP contribution in [0.15, 0.2) is 24.5 Å². The molecule has 0 radical (unpaired) electrons. The summed E-state index contributed by atoms with van der Waals surface area (Å²) in [5.74, 6) is 0.350. The average Bonchev–Trinajstić information content (AvgIpc) is 3.09. The number of rotatable bonds is 4. The fourth-order valence-electron chi connectivity index (χ4n) is 3.21. The lowest BCUT2D eigenvalue weighted by Crippen LogP contribution is -2.14. The second kappa shape index (κ2) is 7.88. The molecule has 9 heteroatoms. The molecule has 3 heterocycles. The molecule has 1 aliphatic carbocycles. The fraction of sp³-hybridized carbons (Fsp3) is 0.250. The van der Waals surface area contributed by atoms with Crippen LogP contribution in [0.5, 0.6) is 5.75 Å². The standard InChI is InChI=1S/C20H17ClN4O3S/c1-10-5-12(13-7-18(21)23-9-16(13)28-2)14(8-22-10)19(27)25-20-24-15-4-3-11(26)6-17(15)29-20/h5,7-9H,3-4,6H2,1-2H3,(H,24,25,27). The number of aromatic nitrogens is 3. The van der Waals surface area contributed by atoms with Crippen molar-refractivity contribution in [2.24, 2.45) is 0 Å². The minimum atomic E-state index is -0.347. The summed E-state index contributed by atoms with van der Waals surface area (Å²) < 4.78 is 5.40. The van der Waals surface area contributed by atoms with E-state index in [1.165, 1.54) is 30.8 Å². The van der Waals surface area contributed by atoms with Gasteiger partial charge >= 0.3 is 0 Å². The number of carbonyl (C=O) groups excluding carboxylic acids is 2. The van der Waals surface area contributed by atoms with Crippen LogP contribution in [-0.4, -0.2) is 33.8 Å². The number of thiazole rings is 1. The summed E-state index contributed by atoms with van der Waals surface area (Å²) >= 11 is 7.41. The number of pyridine rings is 2. The van der Waals surface area contributed by atoms with Crippen molar-refractivity contribution < 1.29 is 14.3 Å². The third-order valence-corrected chi connectivity index (χ3v) is 5.85. The maximum atomic E-state index is 13.0. The van der Waals surface area contributed by atoms with Crippen LogP contribution in [0.2, 0.25) is 5.15 Å². The fourth-order valence-corrected chi connectivity index (χ4v) is 4.40. The molecule has 0 saturated heterocycles. The second-order valence-electron chi connectivity index (χ2n) is 6.64. The van der Waals surface area contributed by atoms with Gasteiger partial charge in [0, 0.05) is 40.7 Å². The maximum absolute atomic E-state index is 13.0. The van der Waals surface area contributed by atoms with Crippen molar-refractivity contribution in [1.29, 1.82) is 0 Å². The number of ketones is 1. The number of nitrogens with one attached hydrogen (secondary N) is 1. The molecule has 0 bridgehead atoms. The molecule has 7 nitrogen and oxygen atoms in total. The van der Waals surface area contributed by atoms with E-state index >= 15 is 0 Å². The molecular formula is C20H17ClN4O3S. The summed E-state index contributed by atoms with van der Waals surface area (Å²) in [6.07, 6.45) is 4.53. The van der Waals surface area contributed by atoms with E-state index in [-0.39, 0.29) is 11.7 Å². The number of halogens is 1. The number of carbonyl (C=O) groups is 2. The quantitative estimate of drug-likeness (QED) is 0.634. The molecule has 0 spiro atoms. The lowest BCUT2D eigenvalue weighted by atomic mass is 10.0. The summed E-state index contributed by atoms with van der Waals surface area (Å²) in [6.45, 7) is 1.84. The van der Waals surface area contributed by atoms with E-state index in [1.54, 1.807) is 12.1 Å². The van der Waals surface area contributed by atoms with Gasteiger partial charge in [0.2, 0.25) is 0 Å². The molecule has 148 valence electrons. The average molecular weight is 429 g/mol. The summed E-state index contributed by atoms with van der Waals surface area (Å²) in [7, 11) is 1.53. The third-order valence-electron chi connectivity index (χ3n) is 4.63. The van der Waals surface area contributed by atoms with Gasteiger partial charge in [-0.25, -0.2) is 9.97 Å². The molecule has 0 unspecified atom stereocenters. The number of anilines is 1. The van der Waals surface area contributed by atoms with Crippen molar-refractivity contribution in [2.45, 2.75) is 26.2 Å². The Morgan fingerprint density at radius 1 is 1.21 bits per heavy atom. The van der Waals surface area contributed by atoms with Gasteiger partial charge < -0.3 is 4.74 Å². The highest BCUT2D eigenvalue weighted by Crippen LogP contribution is 2.34. The predicted molar refractivity (Wildman–Crippen MR) is 111 cm³/mol. The van der Waals surface area contributed by atoms with Crippen molar-refractivity contribution in [3.63, 3.8) is 0 Å². The molecule has 29 heavy (non-hydrogen) atoms. The highest BCUT2D eigenvalue weighted by Gasteiger charge is 2.23. The van der Waals surface area contributed by atoms with Gasteiger partial charge in [-0.05, 0) is 25.5 Å². The van der Waals surface area contributed by atoms with E-state index in [9.17, 15) is 9.59 Å². The molecule has 0 atom stereocenters. The number of ether oxygens (including phenoxy) is 1. The molecule has 1 N–H and O–H groups in total. The lowest BCUT2D eigenvalue weighted by molar-refractivity contribution is -0.118. The molecule has 3 aromatic rings. The molecule has 1 amide bonds. The smallest absolute Gasteiger partial charge is 0.259 e. The zero-order valence-electron chi connectivity index (χ0n) is 15.8. The third kappa shape index (κ3) is 3.99. The number of Topliss-reactive ketones (excluding diaryl/α,β-unsaturated/α-hetero) is 1. The number of fused-ring (bicyclic) bond motifs is 1. The first-order valence-electron chi connectivity index (χ1n) is 8.92. The molecule has 0 fully saturated rings. The Labute approximate surface area is 176 Å². The topological polar surface area (TPSA) is 94.1 Å². The molecule has 1 aliphatic rings. The van der Waals surface area contributed by atoms with Crippen molar-refractivity contribution in [3.8, 4) is 16.9 Å². The highest BCUT2D eigenvalue weighted by atomic mass is 35.5. The number of nitrogens with zero attached hydrogens (tertiary/aromatic N) is 3. The Bertz CT molecular complexity index is 1130. The van der Waals surface area contributed by atoms with Gasteiger partial charge in [-0.2, -0.15) is 0 Å². The summed E-state index contributed by atoms with van der Waals surface area (Å²) in [4.78, 5) is 38.4. The van der Waals surface area contributed by atoms with Gasteiger partial charge in [0.05, 0.1) is 24.6 Å². The Balaban J connectivity index is 1.70. The van der Waals surface area contributed by atoms with Crippen LogP contribution in [0.1, 0.15) is 33.0 Å². The molecule has 3 aromatic heterocycles. The Morgan fingerprint density at radius 3 is 2.83 bits per heavy atom. The molecule has 0 aromatic carbocycles. The van der Waals surface area contributed by atoms with Crippen LogP contribution in [-0.2, 0) is 17.6 Å². The van der Waals surface area contributed by atoms with Crippen LogP contribution >= 0.6 is 22.9 Å². The highest BCUT2D eigenvalue weighted by molar-refractivity contribution is 7.16. The van der Waals surface area contributed by atoms with Gasteiger partial charge in [-0.3, -0.25) is 19.9 Å². The van der Waals surface area contributed by atoms with Gasteiger partial charge in [0.15, 0.2) is 5.13 Å². The monoisotopic (exact) mass is 428 g/mol. The second-order valence-corrected chi connectivity index (χ2v) is 8.11. The van der Waals surface area contributed by atoms with Gasteiger partial charge in [0.25, 0.3) is 5.91 Å². The van der Waals surface area contributed by atoms with Crippen LogP contribution in [0.4, 0.5) is 5.13 Å². The van der Waals surface area contributed by atoms with E-state index in [0.717, 1.165) is 16.3 Å². The van der Waals surface area contributed by atoms with Crippen molar-refractivity contribution >= 4 is 39.8 Å². The van der Waals surface area contributed by atoms with Gasteiger partial charge in [0.1, 0.15) is 16.7 Å². The normalized spacial score (nSPS) is 13.1. The first kappa shape index (κ1) is 19.5. The minimum Gasteiger partial charge on any atom is -0.494 e. The Hall–Kier alpha value is -2.84. The first-order chi connectivity index (χ1) is 13.9. The Kier molecular flexibility index (Phi) is 5.29. The summed E-state index contributed by atoms with van der Waals surface area (Å²) in [5.41, 5.74) is 3.27.